The van der Waals surface area contributed by atoms with Gasteiger partial charge in [0.1, 0.15) is 12.2 Å². The summed E-state index contributed by atoms with van der Waals surface area (Å²) in [6.07, 6.45) is 1.72. The number of aliphatic hydroxyl groups is 1. The SMILES string of the molecule is CCn1cnnc1CNCCOCCO. The molecule has 0 aliphatic carbocycles. The number of nitrogens with one attached hydrogen (secondary N) is 1. The van der Waals surface area contributed by atoms with Crippen molar-refractivity contribution in [2.24, 2.45) is 0 Å². The van der Waals surface area contributed by atoms with Crippen LogP contribution >= 0.6 is 0 Å². The first-order valence-electron chi connectivity index (χ1n) is 5.14. The first kappa shape index (κ1) is 12.1. The Kier molecular flexibility index (Phi) is 5.91. The number of nitrogens with zero attached hydrogens (tertiary/aromatic N) is 3. The largest absolute Gasteiger partial charge is 0.394 e. The van der Waals surface area contributed by atoms with Gasteiger partial charge in [0.25, 0.3) is 0 Å². The van der Waals surface area contributed by atoms with Crippen LogP contribution in [0.15, 0.2) is 6.33 Å². The highest BCUT2D eigenvalue weighted by Gasteiger charge is 2.00. The molecule has 0 fully saturated rings. The molecular weight excluding hydrogens is 196 g/mol. The molecule has 1 rings (SSSR count). The zero-order chi connectivity index (χ0) is 10.9. The first-order valence-corrected chi connectivity index (χ1v) is 5.14. The van der Waals surface area contributed by atoms with Gasteiger partial charge in [0.05, 0.1) is 26.4 Å². The van der Waals surface area contributed by atoms with Gasteiger partial charge in [-0.25, -0.2) is 0 Å². The van der Waals surface area contributed by atoms with E-state index in [4.69, 9.17) is 9.84 Å². The molecule has 1 heterocycles. The molecular formula is C9H18N4O2. The third kappa shape index (κ3) is 4.37. The molecule has 15 heavy (non-hydrogen) atoms. The summed E-state index contributed by atoms with van der Waals surface area (Å²) in [5.41, 5.74) is 0. The quantitative estimate of drug-likeness (QED) is 0.565. The number of aromatic nitrogens is 3. The number of aliphatic hydroxyl groups excluding tert-OH is 1. The molecule has 0 bridgehead atoms. The highest BCUT2D eigenvalue weighted by Crippen LogP contribution is 1.93. The van der Waals surface area contributed by atoms with Crippen molar-refractivity contribution in [3.63, 3.8) is 0 Å². The summed E-state index contributed by atoms with van der Waals surface area (Å²) in [6, 6.07) is 0. The molecule has 6 nitrogen and oxygen atoms in total. The van der Waals surface area contributed by atoms with Crippen LogP contribution in [0.3, 0.4) is 0 Å². The average molecular weight is 214 g/mol. The van der Waals surface area contributed by atoms with Gasteiger partial charge in [0, 0.05) is 13.1 Å². The van der Waals surface area contributed by atoms with Gasteiger partial charge in [0.2, 0.25) is 0 Å². The Hall–Kier alpha value is -0.980. The fourth-order valence-corrected chi connectivity index (χ4v) is 1.19. The monoisotopic (exact) mass is 214 g/mol. The van der Waals surface area contributed by atoms with E-state index in [1.54, 1.807) is 6.33 Å². The lowest BCUT2D eigenvalue weighted by Gasteiger charge is -2.05. The zero-order valence-electron chi connectivity index (χ0n) is 9.02. The van der Waals surface area contributed by atoms with Gasteiger partial charge < -0.3 is 19.7 Å². The smallest absolute Gasteiger partial charge is 0.146 e. The second-order valence-electron chi connectivity index (χ2n) is 3.05. The van der Waals surface area contributed by atoms with E-state index in [0.717, 1.165) is 18.9 Å². The third-order valence-corrected chi connectivity index (χ3v) is 1.98. The molecule has 2 N–H and O–H groups in total. The summed E-state index contributed by atoms with van der Waals surface area (Å²) in [4.78, 5) is 0. The van der Waals surface area contributed by atoms with Crippen molar-refractivity contribution in [1.82, 2.24) is 20.1 Å². The molecule has 1 aromatic rings. The Morgan fingerprint density at radius 3 is 3.13 bits per heavy atom. The van der Waals surface area contributed by atoms with Crippen LogP contribution in [-0.2, 0) is 17.8 Å². The van der Waals surface area contributed by atoms with Crippen molar-refractivity contribution in [2.75, 3.05) is 26.4 Å². The van der Waals surface area contributed by atoms with E-state index in [0.29, 0.717) is 19.8 Å². The van der Waals surface area contributed by atoms with Gasteiger partial charge in [-0.05, 0) is 6.92 Å². The van der Waals surface area contributed by atoms with E-state index in [-0.39, 0.29) is 6.61 Å². The summed E-state index contributed by atoms with van der Waals surface area (Å²) in [6.45, 7) is 5.44. The Balaban J connectivity index is 2.09. The van der Waals surface area contributed by atoms with Crippen molar-refractivity contribution in [1.29, 1.82) is 0 Å². The predicted octanol–water partition coefficient (Wildman–Crippen LogP) is -0.603. The minimum Gasteiger partial charge on any atom is -0.394 e. The molecule has 0 aliphatic heterocycles. The molecule has 1 aromatic heterocycles. The molecule has 86 valence electrons. The Labute approximate surface area is 89.3 Å². The van der Waals surface area contributed by atoms with Crippen LogP contribution in [0.25, 0.3) is 0 Å². The summed E-state index contributed by atoms with van der Waals surface area (Å²) in [7, 11) is 0. The van der Waals surface area contributed by atoms with Gasteiger partial charge in [-0.1, -0.05) is 0 Å². The maximum absolute atomic E-state index is 8.47. The van der Waals surface area contributed by atoms with E-state index in [9.17, 15) is 0 Å². The Bertz CT molecular complexity index is 264. The van der Waals surface area contributed by atoms with E-state index < -0.39 is 0 Å². The van der Waals surface area contributed by atoms with Gasteiger partial charge >= 0.3 is 0 Å². The summed E-state index contributed by atoms with van der Waals surface area (Å²) in [5.74, 6) is 0.930. The van der Waals surface area contributed by atoms with Crippen molar-refractivity contribution >= 4 is 0 Å². The highest BCUT2D eigenvalue weighted by molar-refractivity contribution is 4.84. The molecule has 0 amide bonds. The standard InChI is InChI=1S/C9H18N4O2/c1-2-13-8-11-12-9(13)7-10-3-5-15-6-4-14/h8,10,14H,2-7H2,1H3. The van der Waals surface area contributed by atoms with Crippen LogP contribution in [0, 0.1) is 0 Å². The first-order chi connectivity index (χ1) is 7.38. The van der Waals surface area contributed by atoms with Crippen LogP contribution in [-0.4, -0.2) is 46.2 Å². The van der Waals surface area contributed by atoms with Crippen LogP contribution < -0.4 is 5.32 Å². The van der Waals surface area contributed by atoms with E-state index in [1.165, 1.54) is 0 Å². The second-order valence-corrected chi connectivity index (χ2v) is 3.05. The van der Waals surface area contributed by atoms with Crippen molar-refractivity contribution < 1.29 is 9.84 Å². The van der Waals surface area contributed by atoms with Gasteiger partial charge in [-0.3, -0.25) is 0 Å². The lowest BCUT2D eigenvalue weighted by Crippen LogP contribution is -2.22. The normalized spacial score (nSPS) is 10.8. The molecule has 0 radical (unpaired) electrons. The Morgan fingerprint density at radius 2 is 2.40 bits per heavy atom. The fourth-order valence-electron chi connectivity index (χ4n) is 1.19. The molecule has 0 atom stereocenters. The van der Waals surface area contributed by atoms with Crippen molar-refractivity contribution in [3.8, 4) is 0 Å². The maximum atomic E-state index is 8.47. The highest BCUT2D eigenvalue weighted by atomic mass is 16.5. The Morgan fingerprint density at radius 1 is 1.53 bits per heavy atom. The fraction of sp³-hybridized carbons (Fsp3) is 0.778. The molecule has 0 aromatic carbocycles. The maximum Gasteiger partial charge on any atom is 0.146 e. The molecule has 0 saturated carbocycles. The molecule has 6 heteroatoms. The van der Waals surface area contributed by atoms with Gasteiger partial charge in [0.15, 0.2) is 0 Å². The average Bonchev–Trinajstić information content (AvgIpc) is 2.70. The minimum atomic E-state index is 0.0736. The van der Waals surface area contributed by atoms with E-state index in [1.807, 2.05) is 4.57 Å². The zero-order valence-corrected chi connectivity index (χ0v) is 9.02. The van der Waals surface area contributed by atoms with Crippen LogP contribution in [0.5, 0.6) is 0 Å². The minimum absolute atomic E-state index is 0.0736. The number of hydrogen-bond donors (Lipinski definition) is 2. The second kappa shape index (κ2) is 7.33. The lowest BCUT2D eigenvalue weighted by atomic mass is 10.5. The number of rotatable bonds is 8. The number of aryl methyl sites for hydroxylation is 1. The summed E-state index contributed by atoms with van der Waals surface area (Å²) in [5, 5.41) is 19.5. The topological polar surface area (TPSA) is 72.2 Å². The summed E-state index contributed by atoms with van der Waals surface area (Å²) < 4.78 is 7.09. The van der Waals surface area contributed by atoms with Crippen LogP contribution in [0.4, 0.5) is 0 Å². The lowest BCUT2D eigenvalue weighted by molar-refractivity contribution is 0.0937. The molecule has 0 unspecified atom stereocenters. The summed E-state index contributed by atoms with van der Waals surface area (Å²) >= 11 is 0. The number of hydrogen-bond acceptors (Lipinski definition) is 5. The van der Waals surface area contributed by atoms with E-state index >= 15 is 0 Å². The third-order valence-electron chi connectivity index (χ3n) is 1.98. The molecule has 0 aliphatic rings. The van der Waals surface area contributed by atoms with Crippen LogP contribution in [0.1, 0.15) is 12.7 Å². The van der Waals surface area contributed by atoms with Crippen molar-refractivity contribution in [3.05, 3.63) is 12.2 Å². The molecule has 0 saturated heterocycles. The van der Waals surface area contributed by atoms with Gasteiger partial charge in [-0.2, -0.15) is 0 Å². The van der Waals surface area contributed by atoms with Crippen LogP contribution in [0.2, 0.25) is 0 Å². The van der Waals surface area contributed by atoms with Gasteiger partial charge in [-0.15, -0.1) is 10.2 Å². The van der Waals surface area contributed by atoms with E-state index in [2.05, 4.69) is 22.4 Å². The predicted molar refractivity (Wildman–Crippen MR) is 55.3 cm³/mol. The van der Waals surface area contributed by atoms with Crippen molar-refractivity contribution in [2.45, 2.75) is 20.0 Å². The number of ether oxygens (including phenoxy) is 1. The molecule has 0 spiro atoms.